The molecule has 2 N–H and O–H groups in total. The van der Waals surface area contributed by atoms with Gasteiger partial charge in [-0.05, 0) is 57.4 Å². The minimum atomic E-state index is -0.697. The van der Waals surface area contributed by atoms with Crippen molar-refractivity contribution in [3.8, 4) is 0 Å². The van der Waals surface area contributed by atoms with Crippen molar-refractivity contribution in [2.45, 2.75) is 50.1 Å². The first-order valence-electron chi connectivity index (χ1n) is 7.32. The molecule has 3 aliphatic carbocycles. The van der Waals surface area contributed by atoms with Crippen LogP contribution in [-0.2, 0) is 4.79 Å². The summed E-state index contributed by atoms with van der Waals surface area (Å²) in [5.41, 5.74) is -0.697. The van der Waals surface area contributed by atoms with Gasteiger partial charge in [0, 0.05) is 19.1 Å². The molecule has 3 fully saturated rings. The second-order valence-electron chi connectivity index (χ2n) is 6.40. The normalized spacial score (nSPS) is 27.2. The highest BCUT2D eigenvalue weighted by Crippen LogP contribution is 2.42. The summed E-state index contributed by atoms with van der Waals surface area (Å²) in [6.07, 6.45) is 7.33. The summed E-state index contributed by atoms with van der Waals surface area (Å²) in [7, 11) is 1.81. The van der Waals surface area contributed by atoms with Crippen molar-refractivity contribution in [2.24, 2.45) is 11.8 Å². The molecular weight excluding hydrogens is 228 g/mol. The van der Waals surface area contributed by atoms with Gasteiger partial charge in [-0.15, -0.1) is 0 Å². The number of hydrogen-bond acceptors (Lipinski definition) is 3. The molecule has 1 unspecified atom stereocenters. The van der Waals surface area contributed by atoms with Crippen LogP contribution in [0.3, 0.4) is 0 Å². The van der Waals surface area contributed by atoms with E-state index in [4.69, 9.17) is 0 Å². The molecule has 3 rings (SSSR count). The van der Waals surface area contributed by atoms with E-state index in [1.54, 1.807) is 0 Å². The van der Waals surface area contributed by atoms with Crippen LogP contribution in [0.2, 0.25) is 0 Å². The van der Waals surface area contributed by atoms with Crippen LogP contribution >= 0.6 is 0 Å². The molecule has 0 aromatic carbocycles. The van der Waals surface area contributed by atoms with Crippen LogP contribution in [0.5, 0.6) is 0 Å². The van der Waals surface area contributed by atoms with Crippen molar-refractivity contribution < 1.29 is 9.90 Å². The van der Waals surface area contributed by atoms with Gasteiger partial charge in [0.15, 0.2) is 0 Å². The number of aliphatic carboxylic acids is 1. The summed E-state index contributed by atoms with van der Waals surface area (Å²) in [6.45, 7) is 1.82. The molecule has 4 heteroatoms. The Morgan fingerprint density at radius 1 is 1.28 bits per heavy atom. The zero-order valence-electron chi connectivity index (χ0n) is 11.2. The summed E-state index contributed by atoms with van der Waals surface area (Å²) in [5, 5.41) is 12.8. The summed E-state index contributed by atoms with van der Waals surface area (Å²) in [4.78, 5) is 14.2. The topological polar surface area (TPSA) is 52.6 Å². The molecule has 0 aliphatic heterocycles. The lowest BCUT2D eigenvalue weighted by Gasteiger charge is -2.35. The van der Waals surface area contributed by atoms with E-state index < -0.39 is 11.5 Å². The van der Waals surface area contributed by atoms with E-state index in [2.05, 4.69) is 10.2 Å². The van der Waals surface area contributed by atoms with Crippen molar-refractivity contribution in [2.75, 3.05) is 20.1 Å². The van der Waals surface area contributed by atoms with Crippen LogP contribution in [0.25, 0.3) is 0 Å². The van der Waals surface area contributed by atoms with Gasteiger partial charge in [-0.25, -0.2) is 0 Å². The van der Waals surface area contributed by atoms with Crippen molar-refractivity contribution >= 4 is 5.97 Å². The van der Waals surface area contributed by atoms with Gasteiger partial charge >= 0.3 is 5.97 Å². The lowest BCUT2D eigenvalue weighted by Crippen LogP contribution is -2.60. The zero-order valence-corrected chi connectivity index (χ0v) is 11.2. The van der Waals surface area contributed by atoms with E-state index in [9.17, 15) is 9.90 Å². The van der Waals surface area contributed by atoms with Crippen LogP contribution in [0, 0.1) is 11.8 Å². The van der Waals surface area contributed by atoms with E-state index in [1.807, 2.05) is 7.05 Å². The summed E-state index contributed by atoms with van der Waals surface area (Å²) in [6, 6.07) is 0.663. The molecule has 0 saturated heterocycles. The second-order valence-corrected chi connectivity index (χ2v) is 6.40. The number of likely N-dealkylation sites (N-methyl/N-ethyl adjacent to an activating group) is 1. The summed E-state index contributed by atoms with van der Waals surface area (Å²) >= 11 is 0. The fourth-order valence-electron chi connectivity index (χ4n) is 3.07. The maximum atomic E-state index is 11.7. The van der Waals surface area contributed by atoms with E-state index >= 15 is 0 Å². The Labute approximate surface area is 109 Å². The van der Waals surface area contributed by atoms with Crippen molar-refractivity contribution in [3.05, 3.63) is 0 Å². The third-order valence-corrected chi connectivity index (χ3v) is 4.81. The van der Waals surface area contributed by atoms with Crippen LogP contribution in [0.15, 0.2) is 0 Å². The van der Waals surface area contributed by atoms with Crippen LogP contribution in [0.1, 0.15) is 38.5 Å². The van der Waals surface area contributed by atoms with E-state index in [0.717, 1.165) is 25.3 Å². The number of nitrogens with one attached hydrogen (secondary N) is 1. The molecule has 4 nitrogen and oxygen atoms in total. The summed E-state index contributed by atoms with van der Waals surface area (Å²) < 4.78 is 0. The maximum absolute atomic E-state index is 11.7. The average molecular weight is 252 g/mol. The van der Waals surface area contributed by atoms with Crippen molar-refractivity contribution in [1.82, 2.24) is 10.2 Å². The van der Waals surface area contributed by atoms with Gasteiger partial charge in [-0.2, -0.15) is 0 Å². The van der Waals surface area contributed by atoms with Gasteiger partial charge in [0.1, 0.15) is 5.54 Å². The Morgan fingerprint density at radius 2 is 1.94 bits per heavy atom. The fraction of sp³-hybridized carbons (Fsp3) is 0.929. The fourth-order valence-corrected chi connectivity index (χ4v) is 3.07. The molecule has 18 heavy (non-hydrogen) atoms. The van der Waals surface area contributed by atoms with Gasteiger partial charge in [0.25, 0.3) is 0 Å². The van der Waals surface area contributed by atoms with Gasteiger partial charge in [0.2, 0.25) is 0 Å². The Hall–Kier alpha value is -0.610. The van der Waals surface area contributed by atoms with E-state index in [-0.39, 0.29) is 0 Å². The highest BCUT2D eigenvalue weighted by atomic mass is 16.4. The largest absolute Gasteiger partial charge is 0.480 e. The summed E-state index contributed by atoms with van der Waals surface area (Å²) in [5.74, 6) is 0.516. The van der Waals surface area contributed by atoms with Crippen LogP contribution in [-0.4, -0.2) is 47.7 Å². The second kappa shape index (κ2) is 4.49. The molecule has 0 heterocycles. The van der Waals surface area contributed by atoms with Gasteiger partial charge < -0.3 is 10.4 Å². The molecule has 0 bridgehead atoms. The Morgan fingerprint density at radius 3 is 2.33 bits per heavy atom. The first-order chi connectivity index (χ1) is 8.65. The number of nitrogens with zero attached hydrogens (tertiary/aromatic N) is 1. The minimum Gasteiger partial charge on any atom is -0.480 e. The Bertz CT molecular complexity index is 335. The van der Waals surface area contributed by atoms with Crippen molar-refractivity contribution in [1.29, 1.82) is 0 Å². The number of carbonyl (C=O) groups is 1. The monoisotopic (exact) mass is 252 g/mol. The molecule has 3 aliphatic rings. The SMILES string of the molecule is CNC(CN(CC1CC1)C1CC1)(C(=O)O)C1CC1. The quantitative estimate of drug-likeness (QED) is 0.684. The van der Waals surface area contributed by atoms with E-state index in [0.29, 0.717) is 18.5 Å². The number of carboxylic acids is 1. The predicted octanol–water partition coefficient (Wildman–Crippen LogP) is 1.31. The number of carboxylic acid groups (broad SMARTS) is 1. The number of hydrogen-bond donors (Lipinski definition) is 2. The first-order valence-corrected chi connectivity index (χ1v) is 7.32. The highest BCUT2D eigenvalue weighted by Gasteiger charge is 2.52. The van der Waals surface area contributed by atoms with Crippen LogP contribution < -0.4 is 5.32 Å². The third-order valence-electron chi connectivity index (χ3n) is 4.81. The zero-order chi connectivity index (χ0) is 12.8. The minimum absolute atomic E-state index is 0.334. The first kappa shape index (κ1) is 12.4. The Balaban J connectivity index is 1.70. The average Bonchev–Trinajstić information content (AvgIpc) is 3.14. The lowest BCUT2D eigenvalue weighted by atomic mass is 9.92. The van der Waals surface area contributed by atoms with Gasteiger partial charge in [-0.3, -0.25) is 9.69 Å². The predicted molar refractivity (Wildman–Crippen MR) is 69.5 cm³/mol. The highest BCUT2D eigenvalue weighted by molar-refractivity contribution is 5.80. The molecular formula is C14H24N2O2. The molecule has 0 amide bonds. The molecule has 0 aromatic heterocycles. The lowest BCUT2D eigenvalue weighted by molar-refractivity contribution is -0.146. The number of rotatable bonds is 8. The van der Waals surface area contributed by atoms with Crippen LogP contribution in [0.4, 0.5) is 0 Å². The molecule has 3 saturated carbocycles. The molecule has 0 spiro atoms. The molecule has 1 atom stereocenters. The molecule has 0 radical (unpaired) electrons. The smallest absolute Gasteiger partial charge is 0.325 e. The molecule has 0 aromatic rings. The van der Waals surface area contributed by atoms with Gasteiger partial charge in [-0.1, -0.05) is 0 Å². The standard InChI is InChI=1S/C14H24N2O2/c1-15-14(13(17)18,11-4-5-11)9-16(12-6-7-12)8-10-2-3-10/h10-12,15H,2-9H2,1H3,(H,17,18). The Kier molecular flexibility index (Phi) is 3.10. The third kappa shape index (κ3) is 2.41. The van der Waals surface area contributed by atoms with E-state index in [1.165, 1.54) is 25.7 Å². The molecule has 102 valence electrons. The van der Waals surface area contributed by atoms with Gasteiger partial charge in [0.05, 0.1) is 0 Å². The van der Waals surface area contributed by atoms with Crippen molar-refractivity contribution in [3.63, 3.8) is 0 Å². The maximum Gasteiger partial charge on any atom is 0.325 e.